The van der Waals surface area contributed by atoms with Crippen LogP contribution in [0.2, 0.25) is 0 Å². The highest BCUT2D eigenvalue weighted by Crippen LogP contribution is 2.26. The number of hydrogen-bond acceptors (Lipinski definition) is 3. The molecule has 84 valence electrons. The Bertz CT molecular complexity index is 594. The van der Waals surface area contributed by atoms with E-state index in [2.05, 4.69) is 28.7 Å². The minimum absolute atomic E-state index is 0.536. The molecule has 1 aromatic heterocycles. The maximum Gasteiger partial charge on any atom is 0.103 e. The molecule has 0 spiro atoms. The van der Waals surface area contributed by atoms with Crippen molar-refractivity contribution in [3.63, 3.8) is 0 Å². The number of nitrogens with two attached hydrogens (primary N) is 1. The molecule has 0 radical (unpaired) electrons. The normalized spacial score (nSPS) is 11.8. The largest absolute Gasteiger partial charge is 0.397 e. The lowest BCUT2D eigenvalue weighted by atomic mass is 10.1. The number of nitriles is 1. The van der Waals surface area contributed by atoms with Crippen molar-refractivity contribution in [3.8, 4) is 6.07 Å². The Labute approximate surface area is 118 Å². The summed E-state index contributed by atoms with van der Waals surface area (Å²) in [5, 5.41) is 11.2. The fraction of sp³-hybridized carbons (Fsp3) is 0. The first-order valence-corrected chi connectivity index (χ1v) is 6.88. The van der Waals surface area contributed by atoms with Gasteiger partial charge in [-0.2, -0.15) is 5.26 Å². The zero-order valence-electron chi connectivity index (χ0n) is 8.85. The van der Waals surface area contributed by atoms with Gasteiger partial charge < -0.3 is 5.73 Å². The van der Waals surface area contributed by atoms with Gasteiger partial charge in [-0.3, -0.25) is 0 Å². The van der Waals surface area contributed by atoms with Gasteiger partial charge in [0.05, 0.1) is 11.3 Å². The van der Waals surface area contributed by atoms with Gasteiger partial charge in [-0.15, -0.1) is 11.3 Å². The molecule has 0 bridgehead atoms. The average molecular weight is 352 g/mol. The SMILES string of the molecule is N#C/C(=C(/N)c1cccc(I)c1)c1cccs1. The van der Waals surface area contributed by atoms with Gasteiger partial charge in [0, 0.05) is 8.45 Å². The summed E-state index contributed by atoms with van der Waals surface area (Å²) in [7, 11) is 0. The van der Waals surface area contributed by atoms with Crippen molar-refractivity contribution < 1.29 is 0 Å². The third kappa shape index (κ3) is 2.68. The smallest absolute Gasteiger partial charge is 0.103 e. The summed E-state index contributed by atoms with van der Waals surface area (Å²) < 4.78 is 1.10. The highest BCUT2D eigenvalue weighted by Gasteiger charge is 2.09. The van der Waals surface area contributed by atoms with E-state index in [0.717, 1.165) is 14.0 Å². The van der Waals surface area contributed by atoms with E-state index in [-0.39, 0.29) is 0 Å². The molecule has 2 nitrogen and oxygen atoms in total. The molecule has 0 fully saturated rings. The molecule has 2 aromatic rings. The van der Waals surface area contributed by atoms with Crippen molar-refractivity contribution in [2.75, 3.05) is 0 Å². The molecule has 0 aliphatic rings. The first-order chi connectivity index (χ1) is 8.22. The summed E-state index contributed by atoms with van der Waals surface area (Å²) in [4.78, 5) is 0.906. The van der Waals surface area contributed by atoms with Crippen molar-refractivity contribution in [2.24, 2.45) is 5.73 Å². The maximum atomic E-state index is 9.22. The quantitative estimate of drug-likeness (QED) is 0.662. The molecule has 2 N–H and O–H groups in total. The Kier molecular flexibility index (Phi) is 3.82. The molecule has 0 saturated carbocycles. The maximum absolute atomic E-state index is 9.22. The Morgan fingerprint density at radius 1 is 1.29 bits per heavy atom. The molecule has 1 aromatic carbocycles. The number of nitrogens with zero attached hydrogens (tertiary/aromatic N) is 1. The van der Waals surface area contributed by atoms with Crippen LogP contribution in [0.4, 0.5) is 0 Å². The molecular weight excluding hydrogens is 343 g/mol. The van der Waals surface area contributed by atoms with E-state index in [1.165, 1.54) is 11.3 Å². The van der Waals surface area contributed by atoms with Crippen molar-refractivity contribution >= 4 is 45.2 Å². The van der Waals surface area contributed by atoms with Crippen LogP contribution < -0.4 is 5.73 Å². The summed E-state index contributed by atoms with van der Waals surface area (Å²) in [6.45, 7) is 0. The van der Waals surface area contributed by atoms with Gasteiger partial charge >= 0.3 is 0 Å². The van der Waals surface area contributed by atoms with E-state index in [1.807, 2.05) is 41.8 Å². The second kappa shape index (κ2) is 5.34. The standard InChI is InChI=1S/C13H9IN2S/c14-10-4-1-3-9(7-10)13(16)11(8-15)12-5-2-6-17-12/h1-7H,16H2/b13-11-. The minimum Gasteiger partial charge on any atom is -0.397 e. The fourth-order valence-corrected chi connectivity index (χ4v) is 2.75. The third-order valence-electron chi connectivity index (χ3n) is 2.28. The molecule has 0 unspecified atom stereocenters. The van der Waals surface area contributed by atoms with Crippen LogP contribution in [0.1, 0.15) is 10.4 Å². The minimum atomic E-state index is 0.536. The predicted molar refractivity (Wildman–Crippen MR) is 80.1 cm³/mol. The Hall–Kier alpha value is -1.32. The lowest BCUT2D eigenvalue weighted by Crippen LogP contribution is -2.00. The van der Waals surface area contributed by atoms with E-state index in [0.29, 0.717) is 11.3 Å². The van der Waals surface area contributed by atoms with Crippen LogP contribution in [0.5, 0.6) is 0 Å². The summed E-state index contributed by atoms with van der Waals surface area (Å²) in [5.41, 5.74) is 8.04. The molecule has 0 saturated heterocycles. The summed E-state index contributed by atoms with van der Waals surface area (Å²) in [6.07, 6.45) is 0. The Balaban J connectivity index is 2.54. The van der Waals surface area contributed by atoms with Gasteiger partial charge in [0.15, 0.2) is 0 Å². The lowest BCUT2D eigenvalue weighted by molar-refractivity contribution is 1.48. The number of rotatable bonds is 2. The van der Waals surface area contributed by atoms with Crippen molar-refractivity contribution in [1.29, 1.82) is 5.26 Å². The van der Waals surface area contributed by atoms with Crippen LogP contribution in [0.25, 0.3) is 11.3 Å². The molecule has 0 atom stereocenters. The Morgan fingerprint density at radius 2 is 2.12 bits per heavy atom. The Morgan fingerprint density at radius 3 is 2.71 bits per heavy atom. The van der Waals surface area contributed by atoms with E-state index in [9.17, 15) is 5.26 Å². The molecule has 0 aliphatic heterocycles. The number of allylic oxidation sites excluding steroid dienone is 1. The zero-order valence-corrected chi connectivity index (χ0v) is 11.8. The number of hydrogen-bond donors (Lipinski definition) is 1. The average Bonchev–Trinajstić information content (AvgIpc) is 2.83. The molecule has 0 aliphatic carbocycles. The van der Waals surface area contributed by atoms with Gasteiger partial charge in [-0.1, -0.05) is 18.2 Å². The van der Waals surface area contributed by atoms with Crippen LogP contribution in [0, 0.1) is 14.9 Å². The third-order valence-corrected chi connectivity index (χ3v) is 3.84. The second-order valence-electron chi connectivity index (χ2n) is 3.39. The zero-order chi connectivity index (χ0) is 12.3. The number of thiophene rings is 1. The summed E-state index contributed by atoms with van der Waals surface area (Å²) in [5.74, 6) is 0. The van der Waals surface area contributed by atoms with Gasteiger partial charge in [0.25, 0.3) is 0 Å². The van der Waals surface area contributed by atoms with Gasteiger partial charge in [0.1, 0.15) is 6.07 Å². The van der Waals surface area contributed by atoms with E-state index >= 15 is 0 Å². The van der Waals surface area contributed by atoms with Crippen molar-refractivity contribution in [2.45, 2.75) is 0 Å². The van der Waals surface area contributed by atoms with Crippen molar-refractivity contribution in [3.05, 3.63) is 55.8 Å². The molecule has 1 heterocycles. The number of halogens is 1. The van der Waals surface area contributed by atoms with E-state index in [1.54, 1.807) is 0 Å². The number of benzene rings is 1. The first-order valence-electron chi connectivity index (χ1n) is 4.92. The van der Waals surface area contributed by atoms with Crippen LogP contribution in [0.15, 0.2) is 41.8 Å². The van der Waals surface area contributed by atoms with E-state index < -0.39 is 0 Å². The van der Waals surface area contributed by atoms with Gasteiger partial charge in [0.2, 0.25) is 0 Å². The first kappa shape index (κ1) is 12.1. The fourth-order valence-electron chi connectivity index (χ4n) is 1.47. The summed E-state index contributed by atoms with van der Waals surface area (Å²) >= 11 is 3.75. The van der Waals surface area contributed by atoms with Crippen LogP contribution in [0.3, 0.4) is 0 Å². The van der Waals surface area contributed by atoms with Gasteiger partial charge in [-0.25, -0.2) is 0 Å². The molecule has 0 amide bonds. The van der Waals surface area contributed by atoms with Crippen LogP contribution in [-0.2, 0) is 0 Å². The lowest BCUT2D eigenvalue weighted by Gasteiger charge is -2.05. The molecule has 2 rings (SSSR count). The monoisotopic (exact) mass is 352 g/mol. The van der Waals surface area contributed by atoms with Crippen LogP contribution >= 0.6 is 33.9 Å². The predicted octanol–water partition coefficient (Wildman–Crippen LogP) is 3.70. The highest BCUT2D eigenvalue weighted by molar-refractivity contribution is 14.1. The molecule has 4 heteroatoms. The summed E-state index contributed by atoms with van der Waals surface area (Å²) in [6, 6.07) is 13.8. The second-order valence-corrected chi connectivity index (χ2v) is 5.58. The highest BCUT2D eigenvalue weighted by atomic mass is 127. The topological polar surface area (TPSA) is 49.8 Å². The van der Waals surface area contributed by atoms with Crippen molar-refractivity contribution in [1.82, 2.24) is 0 Å². The van der Waals surface area contributed by atoms with E-state index in [4.69, 9.17) is 5.73 Å². The molecule has 17 heavy (non-hydrogen) atoms. The van der Waals surface area contributed by atoms with Crippen LogP contribution in [-0.4, -0.2) is 0 Å². The molecular formula is C13H9IN2S. The van der Waals surface area contributed by atoms with Gasteiger partial charge in [-0.05, 0) is 51.7 Å².